The van der Waals surface area contributed by atoms with Gasteiger partial charge in [0, 0.05) is 31.3 Å². The molecule has 0 radical (unpaired) electrons. The van der Waals surface area contributed by atoms with E-state index in [0.29, 0.717) is 41.8 Å². The zero-order chi connectivity index (χ0) is 27.6. The fourth-order valence-electron chi connectivity index (χ4n) is 4.73. The molecule has 204 valence electrons. The lowest BCUT2D eigenvalue weighted by Gasteiger charge is -2.23. The molecule has 0 bridgehead atoms. The number of nitrogens with zero attached hydrogens (tertiary/aromatic N) is 2. The molecule has 0 spiro atoms. The summed E-state index contributed by atoms with van der Waals surface area (Å²) in [5, 5.41) is 2.78. The van der Waals surface area contributed by atoms with Gasteiger partial charge in [0.25, 0.3) is 10.0 Å². The van der Waals surface area contributed by atoms with E-state index in [0.717, 1.165) is 0 Å². The van der Waals surface area contributed by atoms with Crippen LogP contribution in [0.1, 0.15) is 13.3 Å². The van der Waals surface area contributed by atoms with E-state index in [2.05, 4.69) is 5.32 Å². The van der Waals surface area contributed by atoms with Crippen molar-refractivity contribution in [3.63, 3.8) is 0 Å². The van der Waals surface area contributed by atoms with E-state index >= 15 is 0 Å². The number of rotatable bonds is 8. The number of carbonyl (C=O) groups excluding carboxylic acids is 2. The molecule has 10 nitrogen and oxygen atoms in total. The van der Waals surface area contributed by atoms with Gasteiger partial charge in [0.2, 0.25) is 11.8 Å². The van der Waals surface area contributed by atoms with Gasteiger partial charge in [0.05, 0.1) is 29.3 Å². The summed E-state index contributed by atoms with van der Waals surface area (Å²) in [5.74, 6) is 0.217. The smallest absolute Gasteiger partial charge is 0.264 e. The Morgan fingerprint density at radius 1 is 1.05 bits per heavy atom. The van der Waals surface area contributed by atoms with Crippen LogP contribution in [0.5, 0.6) is 17.2 Å². The molecule has 2 aliphatic heterocycles. The summed E-state index contributed by atoms with van der Waals surface area (Å²) in [6.07, 6.45) is 0.0121. The van der Waals surface area contributed by atoms with Gasteiger partial charge in [-0.3, -0.25) is 13.9 Å². The predicted molar refractivity (Wildman–Crippen MR) is 146 cm³/mol. The van der Waals surface area contributed by atoms with Gasteiger partial charge >= 0.3 is 0 Å². The van der Waals surface area contributed by atoms with Gasteiger partial charge in [0.15, 0.2) is 11.5 Å². The number of sulfonamides is 1. The average molecular weight is 552 g/mol. The van der Waals surface area contributed by atoms with Crippen molar-refractivity contribution < 1.29 is 32.2 Å². The second-order valence-corrected chi connectivity index (χ2v) is 11.0. The van der Waals surface area contributed by atoms with Crippen LogP contribution in [0.2, 0.25) is 0 Å². The highest BCUT2D eigenvalue weighted by atomic mass is 32.2. The SMILES string of the molecule is CCN(c1ccccc1)S(=O)(=O)c1ccc(OC)c(NC(=O)[C@H]2CC(=O)N(c3ccc4c(c3)OCCO4)C2)c1. The molecule has 39 heavy (non-hydrogen) atoms. The first-order chi connectivity index (χ1) is 18.8. The van der Waals surface area contributed by atoms with Gasteiger partial charge in [-0.05, 0) is 49.4 Å². The van der Waals surface area contributed by atoms with Crippen LogP contribution < -0.4 is 28.7 Å². The van der Waals surface area contributed by atoms with Crippen LogP contribution in [0.25, 0.3) is 0 Å². The maximum Gasteiger partial charge on any atom is 0.264 e. The first-order valence-electron chi connectivity index (χ1n) is 12.6. The van der Waals surface area contributed by atoms with Gasteiger partial charge in [-0.25, -0.2) is 8.42 Å². The first-order valence-corrected chi connectivity index (χ1v) is 14.0. The number of para-hydroxylation sites is 1. The fraction of sp³-hybridized carbons (Fsp3) is 0.286. The maximum absolute atomic E-state index is 13.5. The molecule has 0 aromatic heterocycles. The normalized spacial score (nSPS) is 16.6. The van der Waals surface area contributed by atoms with Crippen molar-refractivity contribution >= 4 is 38.9 Å². The Labute approximate surface area is 227 Å². The predicted octanol–water partition coefficient (Wildman–Crippen LogP) is 3.67. The Hall–Kier alpha value is -4.25. The topological polar surface area (TPSA) is 114 Å². The average Bonchev–Trinajstić information content (AvgIpc) is 3.35. The Morgan fingerprint density at radius 2 is 1.79 bits per heavy atom. The lowest BCUT2D eigenvalue weighted by molar-refractivity contribution is -0.122. The minimum atomic E-state index is -3.93. The molecule has 2 aliphatic rings. The van der Waals surface area contributed by atoms with E-state index in [-0.39, 0.29) is 36.0 Å². The highest BCUT2D eigenvalue weighted by Gasteiger charge is 2.36. The van der Waals surface area contributed by atoms with Crippen LogP contribution in [0.15, 0.2) is 71.6 Å². The van der Waals surface area contributed by atoms with Crippen molar-refractivity contribution in [2.75, 3.05) is 47.9 Å². The number of amides is 2. The van der Waals surface area contributed by atoms with Crippen molar-refractivity contribution in [1.82, 2.24) is 0 Å². The number of ether oxygens (including phenoxy) is 3. The number of hydrogen-bond acceptors (Lipinski definition) is 7. The number of carbonyl (C=O) groups is 2. The van der Waals surface area contributed by atoms with Gasteiger partial charge in [0.1, 0.15) is 19.0 Å². The van der Waals surface area contributed by atoms with E-state index in [4.69, 9.17) is 14.2 Å². The summed E-state index contributed by atoms with van der Waals surface area (Å²) < 4.78 is 44.9. The fourth-order valence-corrected chi connectivity index (χ4v) is 6.23. The first kappa shape index (κ1) is 26.4. The Bertz CT molecular complexity index is 1490. The highest BCUT2D eigenvalue weighted by molar-refractivity contribution is 7.92. The molecular formula is C28H29N3O7S. The van der Waals surface area contributed by atoms with Crippen LogP contribution >= 0.6 is 0 Å². The van der Waals surface area contributed by atoms with Gasteiger partial charge < -0.3 is 24.4 Å². The third-order valence-electron chi connectivity index (χ3n) is 6.68. The van der Waals surface area contributed by atoms with Crippen molar-refractivity contribution in [3.05, 3.63) is 66.7 Å². The number of methoxy groups -OCH3 is 1. The minimum absolute atomic E-state index is 0.00436. The number of fused-ring (bicyclic) bond motifs is 1. The highest BCUT2D eigenvalue weighted by Crippen LogP contribution is 2.37. The Morgan fingerprint density at radius 3 is 2.51 bits per heavy atom. The van der Waals surface area contributed by atoms with Crippen molar-refractivity contribution in [2.45, 2.75) is 18.2 Å². The third kappa shape index (κ3) is 5.22. The molecule has 1 fully saturated rings. The Kier molecular flexibility index (Phi) is 7.34. The van der Waals surface area contributed by atoms with Crippen LogP contribution in [0.3, 0.4) is 0 Å². The molecule has 1 N–H and O–H groups in total. The summed E-state index contributed by atoms with van der Waals surface area (Å²) in [7, 11) is -2.49. The van der Waals surface area contributed by atoms with Gasteiger partial charge in [-0.1, -0.05) is 18.2 Å². The lowest BCUT2D eigenvalue weighted by atomic mass is 10.1. The summed E-state index contributed by atoms with van der Waals surface area (Å²) in [5.41, 5.74) is 1.36. The molecular weight excluding hydrogens is 522 g/mol. The summed E-state index contributed by atoms with van der Waals surface area (Å²) in [6, 6.07) is 18.4. The zero-order valence-corrected chi connectivity index (χ0v) is 22.4. The van der Waals surface area contributed by atoms with Crippen LogP contribution in [0.4, 0.5) is 17.1 Å². The molecule has 3 aromatic carbocycles. The number of anilines is 3. The molecule has 0 unspecified atom stereocenters. The van der Waals surface area contributed by atoms with Crippen LogP contribution in [-0.2, 0) is 19.6 Å². The van der Waals surface area contributed by atoms with E-state index < -0.39 is 21.8 Å². The molecule has 5 rings (SSSR count). The van der Waals surface area contributed by atoms with Gasteiger partial charge in [-0.15, -0.1) is 0 Å². The Balaban J connectivity index is 1.35. The molecule has 1 atom stereocenters. The van der Waals surface area contributed by atoms with E-state index in [1.807, 2.05) is 6.07 Å². The summed E-state index contributed by atoms with van der Waals surface area (Å²) >= 11 is 0. The third-order valence-corrected chi connectivity index (χ3v) is 8.58. The second-order valence-electron chi connectivity index (χ2n) is 9.09. The number of nitrogens with one attached hydrogen (secondary N) is 1. The quantitative estimate of drug-likeness (QED) is 0.454. The van der Waals surface area contributed by atoms with E-state index in [1.165, 1.54) is 29.6 Å². The molecule has 0 saturated carbocycles. The molecule has 2 amide bonds. The van der Waals surface area contributed by atoms with Crippen molar-refractivity contribution in [2.24, 2.45) is 5.92 Å². The zero-order valence-electron chi connectivity index (χ0n) is 21.6. The molecule has 3 aromatic rings. The largest absolute Gasteiger partial charge is 0.495 e. The molecule has 1 saturated heterocycles. The minimum Gasteiger partial charge on any atom is -0.495 e. The molecule has 0 aliphatic carbocycles. The standard InChI is InChI=1S/C28H29N3O7S/c1-3-31(20-7-5-4-6-8-20)39(34,35)22-10-12-24(36-2)23(17-22)29-28(33)19-15-27(32)30(18-19)21-9-11-25-26(16-21)38-14-13-37-25/h4-12,16-17,19H,3,13-15,18H2,1-2H3,(H,29,33)/t19-/m0/s1. The second kappa shape index (κ2) is 10.9. The number of benzene rings is 3. The number of hydrogen-bond donors (Lipinski definition) is 1. The van der Waals surface area contributed by atoms with Crippen molar-refractivity contribution in [1.29, 1.82) is 0 Å². The lowest BCUT2D eigenvalue weighted by Crippen LogP contribution is -2.31. The maximum atomic E-state index is 13.5. The molecule has 11 heteroatoms. The summed E-state index contributed by atoms with van der Waals surface area (Å²) in [4.78, 5) is 27.6. The monoisotopic (exact) mass is 551 g/mol. The van der Waals surface area contributed by atoms with Gasteiger partial charge in [-0.2, -0.15) is 0 Å². The van der Waals surface area contributed by atoms with Crippen molar-refractivity contribution in [3.8, 4) is 17.2 Å². The van der Waals surface area contributed by atoms with Crippen LogP contribution in [-0.4, -0.2) is 53.6 Å². The van der Waals surface area contributed by atoms with E-state index in [1.54, 1.807) is 54.3 Å². The van der Waals surface area contributed by atoms with E-state index in [9.17, 15) is 18.0 Å². The summed E-state index contributed by atoms with van der Waals surface area (Å²) in [6.45, 7) is 3.03. The molecule has 2 heterocycles. The van der Waals surface area contributed by atoms with Crippen LogP contribution in [0, 0.1) is 5.92 Å².